The summed E-state index contributed by atoms with van der Waals surface area (Å²) >= 11 is 5.92. The molecule has 92 valence electrons. The summed E-state index contributed by atoms with van der Waals surface area (Å²) in [5, 5.41) is 13.2. The van der Waals surface area contributed by atoms with Crippen molar-refractivity contribution in [2.24, 2.45) is 5.73 Å². The molecule has 4 N–H and O–H groups in total. The number of fused-ring (bicyclic) bond motifs is 1. The third-order valence-electron chi connectivity index (χ3n) is 3.07. The first-order valence-electron chi connectivity index (χ1n) is 5.57. The normalized spacial score (nSPS) is 20.0. The van der Waals surface area contributed by atoms with Gasteiger partial charge in [-0.1, -0.05) is 17.7 Å². The number of primary amides is 1. The average Bonchev–Trinajstić information content (AvgIpc) is 2.67. The van der Waals surface area contributed by atoms with Gasteiger partial charge in [0.05, 0.1) is 0 Å². The van der Waals surface area contributed by atoms with Crippen molar-refractivity contribution >= 4 is 17.5 Å². The molecule has 1 amide bonds. The van der Waals surface area contributed by atoms with Crippen molar-refractivity contribution < 1.29 is 9.90 Å². The molecule has 0 fully saturated rings. The van der Waals surface area contributed by atoms with Crippen LogP contribution in [0.4, 0.5) is 0 Å². The van der Waals surface area contributed by atoms with Crippen LogP contribution < -0.4 is 11.1 Å². The van der Waals surface area contributed by atoms with Crippen molar-refractivity contribution in [1.29, 1.82) is 0 Å². The highest BCUT2D eigenvalue weighted by molar-refractivity contribution is 6.30. The topological polar surface area (TPSA) is 75.4 Å². The van der Waals surface area contributed by atoms with Gasteiger partial charge in [-0.25, -0.2) is 0 Å². The molecule has 0 saturated carbocycles. The molecule has 0 heterocycles. The minimum absolute atomic E-state index is 0.163. The van der Waals surface area contributed by atoms with E-state index in [9.17, 15) is 9.90 Å². The summed E-state index contributed by atoms with van der Waals surface area (Å²) in [7, 11) is 0. The van der Waals surface area contributed by atoms with E-state index in [0.29, 0.717) is 0 Å². The van der Waals surface area contributed by atoms with Gasteiger partial charge in [0, 0.05) is 17.6 Å². The van der Waals surface area contributed by atoms with Crippen LogP contribution in [0.15, 0.2) is 18.2 Å². The van der Waals surface area contributed by atoms with Crippen LogP contribution >= 0.6 is 11.6 Å². The van der Waals surface area contributed by atoms with E-state index in [1.807, 2.05) is 18.2 Å². The molecule has 0 radical (unpaired) electrons. The Labute approximate surface area is 105 Å². The largest absolute Gasteiger partial charge is 0.382 e. The Morgan fingerprint density at radius 2 is 2.41 bits per heavy atom. The van der Waals surface area contributed by atoms with Crippen molar-refractivity contribution in [2.75, 3.05) is 6.54 Å². The summed E-state index contributed by atoms with van der Waals surface area (Å²) in [6.07, 6.45) is 0.771. The van der Waals surface area contributed by atoms with E-state index in [4.69, 9.17) is 17.3 Å². The van der Waals surface area contributed by atoms with Crippen LogP contribution in [0.1, 0.15) is 23.6 Å². The minimum Gasteiger partial charge on any atom is -0.382 e. The molecule has 0 aliphatic heterocycles. The summed E-state index contributed by atoms with van der Waals surface area (Å²) in [5.41, 5.74) is 7.40. The molecule has 5 heteroatoms. The van der Waals surface area contributed by atoms with Gasteiger partial charge in [-0.2, -0.15) is 0 Å². The summed E-state index contributed by atoms with van der Waals surface area (Å²) in [6, 6.07) is 5.96. The molecule has 1 aliphatic rings. The van der Waals surface area contributed by atoms with Gasteiger partial charge in [-0.15, -0.1) is 0 Å². The number of aliphatic hydroxyl groups excluding tert-OH is 1. The second kappa shape index (κ2) is 5.04. The van der Waals surface area contributed by atoms with E-state index in [2.05, 4.69) is 5.32 Å². The van der Waals surface area contributed by atoms with Gasteiger partial charge in [-0.3, -0.25) is 4.79 Å². The van der Waals surface area contributed by atoms with Gasteiger partial charge in [0.2, 0.25) is 5.91 Å². The summed E-state index contributed by atoms with van der Waals surface area (Å²) in [6.45, 7) is 0.183. The highest BCUT2D eigenvalue weighted by atomic mass is 35.5. The average molecular weight is 255 g/mol. The number of halogens is 1. The standard InChI is InChI=1S/C12H15ClN2O2/c13-8-2-3-9-7(5-8)1-4-10(9)15-6-11(16)12(14)17/h2-3,5,10-11,15-16H,1,4,6H2,(H2,14,17). The monoisotopic (exact) mass is 254 g/mol. The van der Waals surface area contributed by atoms with Crippen molar-refractivity contribution in [2.45, 2.75) is 25.0 Å². The van der Waals surface area contributed by atoms with Crippen LogP contribution in [0.5, 0.6) is 0 Å². The fraction of sp³-hybridized carbons (Fsp3) is 0.417. The van der Waals surface area contributed by atoms with E-state index < -0.39 is 12.0 Å². The van der Waals surface area contributed by atoms with E-state index in [-0.39, 0.29) is 12.6 Å². The Morgan fingerprint density at radius 3 is 3.12 bits per heavy atom. The van der Waals surface area contributed by atoms with Gasteiger partial charge in [-0.05, 0) is 36.1 Å². The van der Waals surface area contributed by atoms with E-state index >= 15 is 0 Å². The van der Waals surface area contributed by atoms with Crippen LogP contribution in [0, 0.1) is 0 Å². The molecule has 4 nitrogen and oxygen atoms in total. The van der Waals surface area contributed by atoms with Crippen molar-refractivity contribution in [3.05, 3.63) is 34.3 Å². The lowest BCUT2D eigenvalue weighted by Crippen LogP contribution is -2.38. The molecular weight excluding hydrogens is 240 g/mol. The number of hydrogen-bond donors (Lipinski definition) is 3. The lowest BCUT2D eigenvalue weighted by Gasteiger charge is -2.15. The molecule has 2 atom stereocenters. The van der Waals surface area contributed by atoms with Gasteiger partial charge in [0.25, 0.3) is 0 Å². The quantitative estimate of drug-likeness (QED) is 0.743. The van der Waals surface area contributed by atoms with E-state index in [1.165, 1.54) is 11.1 Å². The molecule has 1 aliphatic carbocycles. The molecule has 0 saturated heterocycles. The van der Waals surface area contributed by atoms with E-state index in [1.54, 1.807) is 0 Å². The van der Waals surface area contributed by atoms with Crippen molar-refractivity contribution in [1.82, 2.24) is 5.32 Å². The molecule has 0 spiro atoms. The predicted octanol–water partition coefficient (Wildman–Crippen LogP) is 0.763. The van der Waals surface area contributed by atoms with Gasteiger partial charge < -0.3 is 16.2 Å². The Morgan fingerprint density at radius 1 is 1.65 bits per heavy atom. The fourth-order valence-corrected chi connectivity index (χ4v) is 2.35. The first kappa shape index (κ1) is 12.4. The summed E-state index contributed by atoms with van der Waals surface area (Å²) in [5.74, 6) is -0.702. The second-order valence-electron chi connectivity index (χ2n) is 4.26. The maximum absolute atomic E-state index is 10.7. The number of hydrogen-bond acceptors (Lipinski definition) is 3. The number of amides is 1. The highest BCUT2D eigenvalue weighted by Gasteiger charge is 2.23. The zero-order valence-electron chi connectivity index (χ0n) is 9.32. The molecular formula is C12H15ClN2O2. The zero-order chi connectivity index (χ0) is 12.4. The number of carbonyl (C=O) groups is 1. The number of benzene rings is 1. The smallest absolute Gasteiger partial charge is 0.247 e. The maximum atomic E-state index is 10.7. The van der Waals surface area contributed by atoms with Crippen LogP contribution in [0.25, 0.3) is 0 Å². The Kier molecular flexibility index (Phi) is 3.66. The minimum atomic E-state index is -1.13. The second-order valence-corrected chi connectivity index (χ2v) is 4.70. The lowest BCUT2D eigenvalue weighted by atomic mass is 10.1. The molecule has 2 rings (SSSR count). The first-order chi connectivity index (χ1) is 8.08. The fourth-order valence-electron chi connectivity index (χ4n) is 2.15. The molecule has 0 bridgehead atoms. The number of aryl methyl sites for hydroxylation is 1. The van der Waals surface area contributed by atoms with Crippen LogP contribution in [-0.2, 0) is 11.2 Å². The first-order valence-corrected chi connectivity index (χ1v) is 5.95. The molecule has 1 aromatic carbocycles. The SMILES string of the molecule is NC(=O)C(O)CNC1CCc2cc(Cl)ccc21. The lowest BCUT2D eigenvalue weighted by molar-refractivity contribution is -0.125. The van der Waals surface area contributed by atoms with Gasteiger partial charge >= 0.3 is 0 Å². The summed E-state index contributed by atoms with van der Waals surface area (Å²) in [4.78, 5) is 10.7. The third kappa shape index (κ3) is 2.77. The Bertz CT molecular complexity index is 437. The van der Waals surface area contributed by atoms with Gasteiger partial charge in [0.1, 0.15) is 6.10 Å². The van der Waals surface area contributed by atoms with Crippen molar-refractivity contribution in [3.63, 3.8) is 0 Å². The van der Waals surface area contributed by atoms with E-state index in [0.717, 1.165) is 17.9 Å². The highest BCUT2D eigenvalue weighted by Crippen LogP contribution is 2.32. The number of carbonyl (C=O) groups excluding carboxylic acids is 1. The van der Waals surface area contributed by atoms with Crippen LogP contribution in [0.3, 0.4) is 0 Å². The zero-order valence-corrected chi connectivity index (χ0v) is 10.1. The van der Waals surface area contributed by atoms with Gasteiger partial charge in [0.15, 0.2) is 0 Å². The molecule has 2 unspecified atom stereocenters. The number of rotatable bonds is 4. The maximum Gasteiger partial charge on any atom is 0.247 e. The molecule has 17 heavy (non-hydrogen) atoms. The number of aliphatic hydroxyl groups is 1. The Hall–Kier alpha value is -1.10. The van der Waals surface area contributed by atoms with Crippen LogP contribution in [0.2, 0.25) is 5.02 Å². The Balaban J connectivity index is 2.00. The predicted molar refractivity (Wildman–Crippen MR) is 65.7 cm³/mol. The number of nitrogens with one attached hydrogen (secondary N) is 1. The third-order valence-corrected chi connectivity index (χ3v) is 3.30. The molecule has 0 aromatic heterocycles. The van der Waals surface area contributed by atoms with Crippen molar-refractivity contribution in [3.8, 4) is 0 Å². The number of nitrogens with two attached hydrogens (primary N) is 1. The van der Waals surface area contributed by atoms with Crippen LogP contribution in [-0.4, -0.2) is 23.7 Å². The molecule has 1 aromatic rings. The summed E-state index contributed by atoms with van der Waals surface area (Å²) < 4.78 is 0.